The third-order valence-electron chi connectivity index (χ3n) is 4.66. The molecule has 1 saturated heterocycles. The number of methoxy groups -OCH3 is 2. The van der Waals surface area contributed by atoms with E-state index in [1.165, 1.54) is 0 Å². The van der Waals surface area contributed by atoms with Gasteiger partial charge in [0, 0.05) is 11.6 Å². The molecule has 2 aliphatic heterocycles. The Morgan fingerprint density at radius 3 is 2.56 bits per heavy atom. The van der Waals surface area contributed by atoms with Crippen LogP contribution in [0.5, 0.6) is 11.5 Å². The average Bonchev–Trinajstić information content (AvgIpc) is 3.23. The highest BCUT2D eigenvalue weighted by Crippen LogP contribution is 2.40. The first kappa shape index (κ1) is 17.1. The van der Waals surface area contributed by atoms with Crippen molar-refractivity contribution in [3.8, 4) is 11.5 Å². The van der Waals surface area contributed by atoms with Crippen LogP contribution in [0, 0.1) is 0 Å². The number of carbonyl (C=O) groups is 2. The van der Waals surface area contributed by atoms with E-state index in [-0.39, 0.29) is 12.3 Å². The van der Waals surface area contributed by atoms with Gasteiger partial charge in [0.15, 0.2) is 0 Å². The summed E-state index contributed by atoms with van der Waals surface area (Å²) in [4.78, 5) is 32.3. The Hall–Kier alpha value is -3.32. The fourth-order valence-corrected chi connectivity index (χ4v) is 3.30. The lowest BCUT2D eigenvalue weighted by Crippen LogP contribution is -2.40. The number of rotatable bonds is 4. The minimum atomic E-state index is -1.37. The highest BCUT2D eigenvalue weighted by molar-refractivity contribution is 6.25. The summed E-state index contributed by atoms with van der Waals surface area (Å²) in [7, 11) is 3.12. The van der Waals surface area contributed by atoms with Crippen LogP contribution in [0.15, 0.2) is 54.6 Å². The van der Waals surface area contributed by atoms with E-state index >= 15 is 0 Å². The Morgan fingerprint density at radius 2 is 1.85 bits per heavy atom. The molecule has 2 aromatic carbocycles. The predicted octanol–water partition coefficient (Wildman–Crippen LogP) is 2.28. The number of hydrogen-bond acceptors (Lipinski definition) is 6. The van der Waals surface area contributed by atoms with Gasteiger partial charge in [0.25, 0.3) is 5.91 Å². The summed E-state index contributed by atoms with van der Waals surface area (Å²) in [6, 6.07) is 14.1. The highest BCUT2D eigenvalue weighted by Gasteiger charge is 2.55. The molecule has 0 saturated carbocycles. The van der Waals surface area contributed by atoms with E-state index in [1.54, 1.807) is 62.8 Å². The quantitative estimate of drug-likeness (QED) is 0.837. The van der Waals surface area contributed by atoms with Crippen molar-refractivity contribution in [2.75, 3.05) is 19.1 Å². The van der Waals surface area contributed by atoms with E-state index < -0.39 is 11.5 Å². The topological polar surface area (TPSA) is 77.1 Å². The molecule has 2 heterocycles. The molecule has 0 aliphatic carbocycles. The molecular weight excluding hydrogens is 348 g/mol. The minimum absolute atomic E-state index is 0.0737. The van der Waals surface area contributed by atoms with Gasteiger partial charge in [-0.15, -0.1) is 0 Å². The number of hydrogen-bond donors (Lipinski definition) is 1. The number of nitrogens with zero attached hydrogens (tertiary/aromatic N) is 1. The molecule has 2 aliphatic rings. The second kappa shape index (κ2) is 6.44. The highest BCUT2D eigenvalue weighted by atomic mass is 16.7. The van der Waals surface area contributed by atoms with Crippen molar-refractivity contribution in [1.29, 1.82) is 0 Å². The molecule has 2 amide bonds. The van der Waals surface area contributed by atoms with Crippen molar-refractivity contribution in [3.63, 3.8) is 0 Å². The first-order chi connectivity index (χ1) is 13.1. The van der Waals surface area contributed by atoms with E-state index in [4.69, 9.17) is 14.3 Å². The SMILES string of the molecule is COc1ccc(C2=C[C@@]3(CC(=O)N(c4ccccc4)C3=O)ON2)c(OC)c1. The van der Waals surface area contributed by atoms with Crippen molar-refractivity contribution in [3.05, 3.63) is 60.2 Å². The predicted molar refractivity (Wildman–Crippen MR) is 98.0 cm³/mol. The van der Waals surface area contributed by atoms with Crippen molar-refractivity contribution in [2.45, 2.75) is 12.0 Å². The van der Waals surface area contributed by atoms with Gasteiger partial charge in [0.05, 0.1) is 32.0 Å². The summed E-state index contributed by atoms with van der Waals surface area (Å²) >= 11 is 0. The van der Waals surface area contributed by atoms with Crippen LogP contribution in [0.4, 0.5) is 5.69 Å². The van der Waals surface area contributed by atoms with Gasteiger partial charge in [0.1, 0.15) is 11.5 Å². The molecular formula is C20H18N2O5. The zero-order valence-electron chi connectivity index (χ0n) is 14.9. The van der Waals surface area contributed by atoms with Gasteiger partial charge in [-0.3, -0.25) is 19.9 Å². The van der Waals surface area contributed by atoms with Crippen molar-refractivity contribution >= 4 is 23.2 Å². The lowest BCUT2D eigenvalue weighted by molar-refractivity contribution is -0.136. The average molecular weight is 366 g/mol. The first-order valence-corrected chi connectivity index (χ1v) is 8.40. The fraction of sp³-hybridized carbons (Fsp3) is 0.200. The van der Waals surface area contributed by atoms with Crippen LogP contribution in [0.25, 0.3) is 5.70 Å². The Kier molecular flexibility index (Phi) is 4.08. The zero-order valence-corrected chi connectivity index (χ0v) is 14.9. The molecule has 1 atom stereocenters. The number of anilines is 1. The molecule has 0 radical (unpaired) electrons. The number of imide groups is 1. The lowest BCUT2D eigenvalue weighted by atomic mass is 9.99. The van der Waals surface area contributed by atoms with Gasteiger partial charge in [0.2, 0.25) is 11.5 Å². The maximum absolute atomic E-state index is 13.0. The Balaban J connectivity index is 1.70. The lowest BCUT2D eigenvalue weighted by Gasteiger charge is -2.18. The van der Waals surface area contributed by atoms with Gasteiger partial charge >= 0.3 is 0 Å². The molecule has 7 nitrogen and oxygen atoms in total. The second-order valence-electron chi connectivity index (χ2n) is 6.26. The van der Waals surface area contributed by atoms with Crippen LogP contribution in [-0.2, 0) is 14.4 Å². The number of benzene rings is 2. The third-order valence-corrected chi connectivity index (χ3v) is 4.66. The maximum Gasteiger partial charge on any atom is 0.273 e. The number of ether oxygens (including phenoxy) is 2. The molecule has 0 aromatic heterocycles. The molecule has 0 unspecified atom stereocenters. The summed E-state index contributed by atoms with van der Waals surface area (Å²) in [6.45, 7) is 0. The monoisotopic (exact) mass is 366 g/mol. The largest absolute Gasteiger partial charge is 0.497 e. The molecule has 27 heavy (non-hydrogen) atoms. The first-order valence-electron chi connectivity index (χ1n) is 8.40. The zero-order chi connectivity index (χ0) is 19.0. The molecule has 138 valence electrons. The number of amides is 2. The summed E-state index contributed by atoms with van der Waals surface area (Å²) < 4.78 is 10.6. The molecule has 4 rings (SSSR count). The molecule has 1 N–H and O–H groups in total. The molecule has 0 bridgehead atoms. The van der Waals surface area contributed by atoms with Crippen molar-refractivity contribution < 1.29 is 23.9 Å². The smallest absolute Gasteiger partial charge is 0.273 e. The van der Waals surface area contributed by atoms with Gasteiger partial charge < -0.3 is 9.47 Å². The molecule has 7 heteroatoms. The minimum Gasteiger partial charge on any atom is -0.497 e. The van der Waals surface area contributed by atoms with Crippen LogP contribution in [-0.4, -0.2) is 31.6 Å². The Bertz CT molecular complexity index is 941. The van der Waals surface area contributed by atoms with E-state index in [0.29, 0.717) is 28.4 Å². The van der Waals surface area contributed by atoms with Gasteiger partial charge in [-0.25, -0.2) is 4.90 Å². The third kappa shape index (κ3) is 2.72. The number of hydroxylamine groups is 1. The van der Waals surface area contributed by atoms with Gasteiger partial charge in [-0.05, 0) is 30.3 Å². The van der Waals surface area contributed by atoms with E-state index in [2.05, 4.69) is 5.48 Å². The van der Waals surface area contributed by atoms with Crippen LogP contribution in [0.2, 0.25) is 0 Å². The Labute approximate surface area is 156 Å². The molecule has 1 spiro atoms. The van der Waals surface area contributed by atoms with E-state index in [9.17, 15) is 9.59 Å². The summed E-state index contributed by atoms with van der Waals surface area (Å²) in [5.41, 5.74) is 3.20. The Morgan fingerprint density at radius 1 is 1.07 bits per heavy atom. The number of carbonyl (C=O) groups excluding carboxylic acids is 2. The maximum atomic E-state index is 13.0. The summed E-state index contributed by atoms with van der Waals surface area (Å²) in [5, 5.41) is 0. The standard InChI is InChI=1S/C20H18N2O5/c1-25-14-8-9-15(17(10-14)26-2)16-11-20(27-21-16)12-18(23)22(19(20)24)13-6-4-3-5-7-13/h3-11,21H,12H2,1-2H3/t20-/m0/s1. The van der Waals surface area contributed by atoms with Crippen molar-refractivity contribution in [2.24, 2.45) is 0 Å². The van der Waals surface area contributed by atoms with Crippen LogP contribution >= 0.6 is 0 Å². The molecule has 2 aromatic rings. The summed E-state index contributed by atoms with van der Waals surface area (Å²) in [5.74, 6) is 0.471. The number of para-hydroxylation sites is 1. The van der Waals surface area contributed by atoms with Crippen LogP contribution in [0.3, 0.4) is 0 Å². The normalized spacial score (nSPS) is 21.4. The van der Waals surface area contributed by atoms with Gasteiger partial charge in [-0.1, -0.05) is 18.2 Å². The van der Waals surface area contributed by atoms with Crippen molar-refractivity contribution in [1.82, 2.24) is 5.48 Å². The summed E-state index contributed by atoms with van der Waals surface area (Å²) in [6.07, 6.45) is 1.57. The fourth-order valence-electron chi connectivity index (χ4n) is 3.30. The number of nitrogens with one attached hydrogen (secondary N) is 1. The van der Waals surface area contributed by atoms with E-state index in [1.807, 2.05) is 6.07 Å². The van der Waals surface area contributed by atoms with Crippen LogP contribution in [0.1, 0.15) is 12.0 Å². The van der Waals surface area contributed by atoms with E-state index in [0.717, 1.165) is 4.90 Å². The van der Waals surface area contributed by atoms with Gasteiger partial charge in [-0.2, -0.15) is 0 Å². The molecule has 1 fully saturated rings. The van der Waals surface area contributed by atoms with Crippen LogP contribution < -0.4 is 19.9 Å². The second-order valence-corrected chi connectivity index (χ2v) is 6.26.